The number of hydrogen-bond acceptors (Lipinski definition) is 3. The third-order valence-corrected chi connectivity index (χ3v) is 3.88. The number of ether oxygens (including phenoxy) is 1. The van der Waals surface area contributed by atoms with Crippen molar-refractivity contribution >= 4 is 47.4 Å². The molecule has 6 nitrogen and oxygen atoms in total. The van der Waals surface area contributed by atoms with Crippen LogP contribution in [0.2, 0.25) is 5.02 Å². The summed E-state index contributed by atoms with van der Waals surface area (Å²) in [6, 6.07) is 14.6. The molecular weight excluding hydrogens is 479 g/mol. The molecule has 0 aliphatic rings. The fourth-order valence-electron chi connectivity index (χ4n) is 2.23. The topological polar surface area (TPSA) is 74.8 Å². The first kappa shape index (κ1) is 23.0. The van der Waals surface area contributed by atoms with E-state index in [9.17, 15) is 4.79 Å². The van der Waals surface area contributed by atoms with Gasteiger partial charge in [0.05, 0.1) is 7.11 Å². The summed E-state index contributed by atoms with van der Waals surface area (Å²) in [5, 5.41) is 9.93. The Bertz CT molecular complexity index is 754. The number of guanidine groups is 1. The lowest BCUT2D eigenvalue weighted by molar-refractivity contribution is 0.0954. The Morgan fingerprint density at radius 3 is 2.44 bits per heavy atom. The molecule has 0 atom stereocenters. The highest BCUT2D eigenvalue weighted by Gasteiger charge is 2.06. The summed E-state index contributed by atoms with van der Waals surface area (Å²) in [6.07, 6.45) is 0. The Balaban J connectivity index is 0.00000364. The summed E-state index contributed by atoms with van der Waals surface area (Å²) < 4.78 is 5.12. The number of benzene rings is 2. The van der Waals surface area contributed by atoms with E-state index in [2.05, 4.69) is 20.9 Å². The molecule has 2 aromatic carbocycles. The minimum atomic E-state index is -0.144. The lowest BCUT2D eigenvalue weighted by Gasteiger charge is -2.12. The van der Waals surface area contributed by atoms with Gasteiger partial charge < -0.3 is 20.7 Å². The standard InChI is InChI=1S/C19H23ClN4O2.HI/c1-21-19(24-13-14-6-8-16(20)9-7-14)23-11-10-22-18(25)15-4-3-5-17(12-15)26-2;/h3-9,12H,10-11,13H2,1-2H3,(H,22,25)(H2,21,23,24);1H. The molecule has 0 aromatic heterocycles. The molecule has 0 spiro atoms. The molecule has 0 fully saturated rings. The lowest BCUT2D eigenvalue weighted by Crippen LogP contribution is -2.41. The average Bonchev–Trinajstić information content (AvgIpc) is 2.68. The molecule has 0 unspecified atom stereocenters. The Morgan fingerprint density at radius 1 is 1.07 bits per heavy atom. The van der Waals surface area contributed by atoms with E-state index in [-0.39, 0.29) is 29.9 Å². The molecule has 0 saturated carbocycles. The fraction of sp³-hybridized carbons (Fsp3) is 0.263. The minimum Gasteiger partial charge on any atom is -0.497 e. The van der Waals surface area contributed by atoms with Crippen LogP contribution in [0.25, 0.3) is 0 Å². The number of amides is 1. The molecule has 8 heteroatoms. The van der Waals surface area contributed by atoms with Crippen molar-refractivity contribution in [1.29, 1.82) is 0 Å². The van der Waals surface area contributed by atoms with Crippen LogP contribution in [-0.4, -0.2) is 39.1 Å². The van der Waals surface area contributed by atoms with E-state index in [1.54, 1.807) is 38.4 Å². The second-order valence-corrected chi connectivity index (χ2v) is 5.90. The van der Waals surface area contributed by atoms with Crippen LogP contribution >= 0.6 is 35.6 Å². The highest BCUT2D eigenvalue weighted by Crippen LogP contribution is 2.12. The molecular formula is C19H24ClIN4O2. The Hall–Kier alpha value is -2.00. The summed E-state index contributed by atoms with van der Waals surface area (Å²) in [5.41, 5.74) is 1.67. The number of carbonyl (C=O) groups is 1. The highest BCUT2D eigenvalue weighted by atomic mass is 127. The molecule has 0 aliphatic heterocycles. The molecule has 0 aliphatic carbocycles. The smallest absolute Gasteiger partial charge is 0.251 e. The monoisotopic (exact) mass is 502 g/mol. The largest absolute Gasteiger partial charge is 0.497 e. The Labute approximate surface area is 181 Å². The van der Waals surface area contributed by atoms with Crippen molar-refractivity contribution < 1.29 is 9.53 Å². The quantitative estimate of drug-likeness (QED) is 0.235. The first-order valence-corrected chi connectivity index (χ1v) is 8.61. The van der Waals surface area contributed by atoms with Gasteiger partial charge in [-0.25, -0.2) is 0 Å². The molecule has 0 saturated heterocycles. The van der Waals surface area contributed by atoms with Gasteiger partial charge in [-0.05, 0) is 35.9 Å². The summed E-state index contributed by atoms with van der Waals surface area (Å²) in [4.78, 5) is 16.3. The van der Waals surface area contributed by atoms with Crippen molar-refractivity contribution in [1.82, 2.24) is 16.0 Å². The summed E-state index contributed by atoms with van der Waals surface area (Å²) in [6.45, 7) is 1.65. The first-order valence-electron chi connectivity index (χ1n) is 8.23. The number of nitrogens with zero attached hydrogens (tertiary/aromatic N) is 1. The molecule has 146 valence electrons. The van der Waals surface area contributed by atoms with Gasteiger partial charge in [0.2, 0.25) is 0 Å². The van der Waals surface area contributed by atoms with Crippen LogP contribution in [0, 0.1) is 0 Å². The van der Waals surface area contributed by atoms with Crippen LogP contribution in [0.3, 0.4) is 0 Å². The van der Waals surface area contributed by atoms with Gasteiger partial charge in [0.25, 0.3) is 5.91 Å². The van der Waals surface area contributed by atoms with Crippen molar-refractivity contribution in [3.8, 4) is 5.75 Å². The van der Waals surface area contributed by atoms with Crippen molar-refractivity contribution in [2.45, 2.75) is 6.54 Å². The van der Waals surface area contributed by atoms with E-state index in [1.807, 2.05) is 24.3 Å². The SMILES string of the molecule is CN=C(NCCNC(=O)c1cccc(OC)c1)NCc1ccc(Cl)cc1.I. The summed E-state index contributed by atoms with van der Waals surface area (Å²) in [5.74, 6) is 1.17. The summed E-state index contributed by atoms with van der Waals surface area (Å²) >= 11 is 5.87. The highest BCUT2D eigenvalue weighted by molar-refractivity contribution is 14.0. The van der Waals surface area contributed by atoms with Crippen molar-refractivity contribution in [2.24, 2.45) is 4.99 Å². The van der Waals surface area contributed by atoms with Gasteiger partial charge in [-0.3, -0.25) is 9.79 Å². The van der Waals surface area contributed by atoms with Crippen molar-refractivity contribution in [3.63, 3.8) is 0 Å². The van der Waals surface area contributed by atoms with Crippen LogP contribution < -0.4 is 20.7 Å². The van der Waals surface area contributed by atoms with Gasteiger partial charge in [-0.2, -0.15) is 0 Å². The van der Waals surface area contributed by atoms with E-state index in [1.165, 1.54) is 0 Å². The number of carbonyl (C=O) groups excluding carboxylic acids is 1. The molecule has 0 bridgehead atoms. The molecule has 0 radical (unpaired) electrons. The summed E-state index contributed by atoms with van der Waals surface area (Å²) in [7, 11) is 3.27. The number of halogens is 2. The lowest BCUT2D eigenvalue weighted by atomic mass is 10.2. The molecule has 27 heavy (non-hydrogen) atoms. The minimum absolute atomic E-state index is 0. The van der Waals surface area contributed by atoms with E-state index in [0.29, 0.717) is 41.9 Å². The van der Waals surface area contributed by atoms with Gasteiger partial charge >= 0.3 is 0 Å². The van der Waals surface area contributed by atoms with Crippen molar-refractivity contribution in [2.75, 3.05) is 27.2 Å². The zero-order valence-corrected chi connectivity index (χ0v) is 18.4. The fourth-order valence-corrected chi connectivity index (χ4v) is 2.36. The number of nitrogens with one attached hydrogen (secondary N) is 3. The van der Waals surface area contributed by atoms with Gasteiger partial charge in [0, 0.05) is 37.3 Å². The van der Waals surface area contributed by atoms with Crippen LogP contribution in [0.5, 0.6) is 5.75 Å². The van der Waals surface area contributed by atoms with Gasteiger partial charge in [-0.15, -0.1) is 24.0 Å². The van der Waals surface area contributed by atoms with E-state index in [4.69, 9.17) is 16.3 Å². The first-order chi connectivity index (χ1) is 12.6. The van der Waals surface area contributed by atoms with E-state index < -0.39 is 0 Å². The average molecular weight is 503 g/mol. The maximum Gasteiger partial charge on any atom is 0.251 e. The van der Waals surface area contributed by atoms with Crippen molar-refractivity contribution in [3.05, 3.63) is 64.7 Å². The molecule has 0 heterocycles. The van der Waals surface area contributed by atoms with Crippen LogP contribution in [0.1, 0.15) is 15.9 Å². The van der Waals surface area contributed by atoms with Gasteiger partial charge in [-0.1, -0.05) is 29.8 Å². The number of hydrogen-bond donors (Lipinski definition) is 3. The maximum absolute atomic E-state index is 12.1. The molecule has 1 amide bonds. The zero-order valence-electron chi connectivity index (χ0n) is 15.3. The van der Waals surface area contributed by atoms with Crippen LogP contribution in [-0.2, 0) is 6.54 Å². The molecule has 2 rings (SSSR count). The van der Waals surface area contributed by atoms with Crippen LogP contribution in [0.4, 0.5) is 0 Å². The van der Waals surface area contributed by atoms with E-state index >= 15 is 0 Å². The predicted octanol–water partition coefficient (Wildman–Crippen LogP) is 3.06. The third-order valence-electron chi connectivity index (χ3n) is 3.63. The predicted molar refractivity (Wildman–Crippen MR) is 120 cm³/mol. The number of aliphatic imine (C=N–C) groups is 1. The van der Waals surface area contributed by atoms with Gasteiger partial charge in [0.1, 0.15) is 5.75 Å². The zero-order chi connectivity index (χ0) is 18.8. The third kappa shape index (κ3) is 8.04. The molecule has 2 aromatic rings. The number of methoxy groups -OCH3 is 1. The Morgan fingerprint density at radius 2 is 1.78 bits per heavy atom. The van der Waals surface area contributed by atoms with Crippen LogP contribution in [0.15, 0.2) is 53.5 Å². The van der Waals surface area contributed by atoms with E-state index in [0.717, 1.165) is 5.56 Å². The normalized spacial score (nSPS) is 10.6. The molecule has 3 N–H and O–H groups in total. The second-order valence-electron chi connectivity index (χ2n) is 5.47. The number of rotatable bonds is 7. The van der Waals surface area contributed by atoms with Gasteiger partial charge in [0.15, 0.2) is 5.96 Å². The second kappa shape index (κ2) is 12.4. The Kier molecular flexibility index (Phi) is 10.6. The maximum atomic E-state index is 12.1.